The van der Waals surface area contributed by atoms with Gasteiger partial charge in [-0.1, -0.05) is 42.2 Å². The highest BCUT2D eigenvalue weighted by Crippen LogP contribution is 2.21. The predicted molar refractivity (Wildman–Crippen MR) is 73.8 cm³/mol. The van der Waals surface area contributed by atoms with Crippen molar-refractivity contribution in [2.45, 2.75) is 4.90 Å². The second kappa shape index (κ2) is 5.77. The predicted octanol–water partition coefficient (Wildman–Crippen LogP) is 3.11. The van der Waals surface area contributed by atoms with Crippen molar-refractivity contribution in [3.8, 4) is 0 Å². The molecule has 0 saturated carbocycles. The minimum Gasteiger partial charge on any atom is -0.356 e. The van der Waals surface area contributed by atoms with Crippen LogP contribution in [0.1, 0.15) is 0 Å². The molecule has 15 heavy (non-hydrogen) atoms. The van der Waals surface area contributed by atoms with E-state index in [2.05, 4.69) is 35.2 Å². The average Bonchev–Trinajstić information content (AvgIpc) is 2.66. The minimum absolute atomic E-state index is 1.07. The number of hydrogen-bond acceptors (Lipinski definition) is 3. The summed E-state index contributed by atoms with van der Waals surface area (Å²) >= 11 is 8.95. The lowest BCUT2D eigenvalue weighted by Crippen LogP contribution is -2.25. The van der Waals surface area contributed by atoms with Crippen LogP contribution in [0.15, 0.2) is 35.2 Å². The van der Waals surface area contributed by atoms with Gasteiger partial charge in [-0.25, -0.2) is 0 Å². The lowest BCUT2D eigenvalue weighted by Gasteiger charge is -2.15. The number of nitrogens with zero attached hydrogens (tertiary/aromatic N) is 1. The molecule has 1 fully saturated rings. The van der Waals surface area contributed by atoms with E-state index in [0.717, 1.165) is 28.9 Å². The number of hydrogen-bond donors (Lipinski definition) is 0. The maximum Gasteiger partial charge on any atom is 0.136 e. The molecular weight excluding hydrogens is 242 g/mol. The van der Waals surface area contributed by atoms with Crippen molar-refractivity contribution in [3.05, 3.63) is 30.3 Å². The Morgan fingerprint density at radius 3 is 2.80 bits per heavy atom. The molecule has 1 aliphatic heterocycles. The third-order valence-corrected chi connectivity index (χ3v) is 4.71. The van der Waals surface area contributed by atoms with E-state index in [9.17, 15) is 0 Å². The molecule has 1 aromatic rings. The van der Waals surface area contributed by atoms with E-state index in [0.29, 0.717) is 0 Å². The van der Waals surface area contributed by atoms with Crippen molar-refractivity contribution >= 4 is 40.1 Å². The molecule has 0 unspecified atom stereocenters. The molecule has 1 aromatic carbocycles. The van der Waals surface area contributed by atoms with E-state index in [4.69, 9.17) is 12.2 Å². The van der Waals surface area contributed by atoms with Crippen LogP contribution in [0.2, 0.25) is 0 Å². The summed E-state index contributed by atoms with van der Waals surface area (Å²) < 4.78 is 1.07. The molecular formula is C11H13NS3. The van der Waals surface area contributed by atoms with Gasteiger partial charge in [-0.2, -0.15) is 0 Å². The Morgan fingerprint density at radius 1 is 1.33 bits per heavy atom. The molecule has 0 atom stereocenters. The zero-order chi connectivity index (χ0) is 10.5. The zero-order valence-corrected chi connectivity index (χ0v) is 10.8. The largest absolute Gasteiger partial charge is 0.356 e. The van der Waals surface area contributed by atoms with E-state index in [-0.39, 0.29) is 0 Å². The molecule has 4 heteroatoms. The Kier molecular flexibility index (Phi) is 4.35. The Balaban J connectivity index is 1.73. The Bertz CT molecular complexity index is 326. The normalized spacial score (nSPS) is 16.0. The molecule has 0 bridgehead atoms. The van der Waals surface area contributed by atoms with Crippen molar-refractivity contribution in [1.82, 2.24) is 4.90 Å². The van der Waals surface area contributed by atoms with E-state index < -0.39 is 0 Å². The Labute approximate surface area is 105 Å². The van der Waals surface area contributed by atoms with Crippen molar-refractivity contribution in [2.75, 3.05) is 24.6 Å². The Hall–Kier alpha value is -0.190. The van der Waals surface area contributed by atoms with E-state index >= 15 is 0 Å². The topological polar surface area (TPSA) is 3.24 Å². The second-order valence-electron chi connectivity index (χ2n) is 3.26. The minimum atomic E-state index is 1.07. The first kappa shape index (κ1) is 11.3. The van der Waals surface area contributed by atoms with Gasteiger partial charge in [0.1, 0.15) is 4.32 Å². The van der Waals surface area contributed by atoms with Gasteiger partial charge in [0.05, 0.1) is 0 Å². The van der Waals surface area contributed by atoms with Crippen LogP contribution in [0.3, 0.4) is 0 Å². The van der Waals surface area contributed by atoms with Gasteiger partial charge in [0.25, 0.3) is 0 Å². The van der Waals surface area contributed by atoms with Gasteiger partial charge in [0, 0.05) is 29.5 Å². The summed E-state index contributed by atoms with van der Waals surface area (Å²) in [7, 11) is 0. The highest BCUT2D eigenvalue weighted by atomic mass is 32.2. The van der Waals surface area contributed by atoms with Crippen LogP contribution >= 0.6 is 35.7 Å². The molecule has 1 heterocycles. The quantitative estimate of drug-likeness (QED) is 0.600. The first-order valence-electron chi connectivity index (χ1n) is 4.96. The number of thiocarbonyl (C=S) groups is 1. The van der Waals surface area contributed by atoms with Crippen LogP contribution in [0, 0.1) is 0 Å². The van der Waals surface area contributed by atoms with E-state index in [1.165, 1.54) is 4.90 Å². The summed E-state index contributed by atoms with van der Waals surface area (Å²) in [5.41, 5.74) is 0. The fourth-order valence-corrected chi connectivity index (χ4v) is 3.60. The van der Waals surface area contributed by atoms with E-state index in [1.54, 1.807) is 11.8 Å². The van der Waals surface area contributed by atoms with Crippen molar-refractivity contribution in [2.24, 2.45) is 0 Å². The van der Waals surface area contributed by atoms with E-state index in [1.807, 2.05) is 11.8 Å². The molecule has 0 aromatic heterocycles. The summed E-state index contributed by atoms with van der Waals surface area (Å²) in [6.07, 6.45) is 0. The average molecular weight is 255 g/mol. The second-order valence-corrected chi connectivity index (χ2v) is 6.16. The third kappa shape index (κ3) is 3.40. The summed E-state index contributed by atoms with van der Waals surface area (Å²) in [6, 6.07) is 10.5. The van der Waals surface area contributed by atoms with Crippen LogP contribution < -0.4 is 0 Å². The highest BCUT2D eigenvalue weighted by molar-refractivity contribution is 8.23. The lowest BCUT2D eigenvalue weighted by atomic mass is 10.4. The maximum absolute atomic E-state index is 5.25. The summed E-state index contributed by atoms with van der Waals surface area (Å²) in [5, 5.41) is 0. The molecule has 0 N–H and O–H groups in total. The van der Waals surface area contributed by atoms with Gasteiger partial charge < -0.3 is 4.90 Å². The van der Waals surface area contributed by atoms with Gasteiger partial charge in [0.2, 0.25) is 0 Å². The number of rotatable bonds is 4. The monoisotopic (exact) mass is 255 g/mol. The summed E-state index contributed by atoms with van der Waals surface area (Å²) in [5.74, 6) is 2.28. The van der Waals surface area contributed by atoms with Crippen molar-refractivity contribution < 1.29 is 0 Å². The SMILES string of the molecule is S=C1SCCN1CCSc1ccccc1. The van der Waals surface area contributed by atoms with Gasteiger partial charge in [-0.15, -0.1) is 11.8 Å². The van der Waals surface area contributed by atoms with Crippen LogP contribution in [-0.4, -0.2) is 33.8 Å². The standard InChI is InChI=1S/C11H13NS3/c13-11-12(7-9-15-11)6-8-14-10-4-2-1-3-5-10/h1-5H,6-9H2. The van der Waals surface area contributed by atoms with Crippen LogP contribution in [0.25, 0.3) is 0 Å². The van der Waals surface area contributed by atoms with Gasteiger partial charge in [-0.05, 0) is 12.1 Å². The highest BCUT2D eigenvalue weighted by Gasteiger charge is 2.16. The number of benzene rings is 1. The maximum atomic E-state index is 5.25. The fraction of sp³-hybridized carbons (Fsp3) is 0.364. The lowest BCUT2D eigenvalue weighted by molar-refractivity contribution is 0.500. The molecule has 0 radical (unpaired) electrons. The molecule has 1 nitrogen and oxygen atoms in total. The van der Waals surface area contributed by atoms with Crippen molar-refractivity contribution in [1.29, 1.82) is 0 Å². The molecule has 1 aliphatic rings. The van der Waals surface area contributed by atoms with Crippen molar-refractivity contribution in [3.63, 3.8) is 0 Å². The third-order valence-electron chi connectivity index (χ3n) is 2.22. The van der Waals surface area contributed by atoms with Gasteiger partial charge >= 0.3 is 0 Å². The van der Waals surface area contributed by atoms with Gasteiger partial charge in [-0.3, -0.25) is 0 Å². The Morgan fingerprint density at radius 2 is 2.13 bits per heavy atom. The molecule has 0 spiro atoms. The molecule has 80 valence electrons. The molecule has 1 saturated heterocycles. The van der Waals surface area contributed by atoms with Crippen LogP contribution in [-0.2, 0) is 0 Å². The van der Waals surface area contributed by atoms with Gasteiger partial charge in [0.15, 0.2) is 0 Å². The number of thioether (sulfide) groups is 2. The zero-order valence-electron chi connectivity index (χ0n) is 8.39. The summed E-state index contributed by atoms with van der Waals surface area (Å²) in [6.45, 7) is 2.20. The van der Waals surface area contributed by atoms with Crippen LogP contribution in [0.4, 0.5) is 0 Å². The smallest absolute Gasteiger partial charge is 0.136 e. The first-order valence-corrected chi connectivity index (χ1v) is 7.34. The first-order chi connectivity index (χ1) is 7.36. The summed E-state index contributed by atoms with van der Waals surface area (Å²) in [4.78, 5) is 3.64. The molecule has 0 aliphatic carbocycles. The fourth-order valence-electron chi connectivity index (χ4n) is 1.42. The van der Waals surface area contributed by atoms with Crippen LogP contribution in [0.5, 0.6) is 0 Å². The molecule has 2 rings (SSSR count). The molecule has 0 amide bonds.